The van der Waals surface area contributed by atoms with Gasteiger partial charge in [0, 0.05) is 16.7 Å². The van der Waals surface area contributed by atoms with E-state index in [0.717, 1.165) is 58.7 Å². The summed E-state index contributed by atoms with van der Waals surface area (Å²) >= 11 is 0. The molecule has 0 amide bonds. The summed E-state index contributed by atoms with van der Waals surface area (Å²) in [4.78, 5) is 0. The molecular weight excluding hydrogens is 533 g/mol. The van der Waals surface area contributed by atoms with Crippen LogP contribution in [0.15, 0.2) is 104 Å². The highest BCUT2D eigenvalue weighted by atomic mass is 19.3. The first-order valence-electron chi connectivity index (χ1n) is 13.9. The Morgan fingerprint density at radius 3 is 2.21 bits per heavy atom. The second-order valence-electron chi connectivity index (χ2n) is 9.98. The van der Waals surface area contributed by atoms with Crippen molar-refractivity contribution < 1.29 is 23.0 Å². The van der Waals surface area contributed by atoms with Crippen LogP contribution in [0, 0.1) is 17.7 Å². The quantitative estimate of drug-likeness (QED) is 0.145. The molecule has 0 aliphatic rings. The Balaban J connectivity index is 1.57. The third-order valence-corrected chi connectivity index (χ3v) is 7.08. The molecule has 4 aromatic rings. The fourth-order valence-corrected chi connectivity index (χ4v) is 4.68. The monoisotopic (exact) mass is 566 g/mol. The van der Waals surface area contributed by atoms with E-state index in [4.69, 9.17) is 4.74 Å². The SMILES string of the molecule is C=C(CO)c1ccc(-c2ccc(C#Cc3ccc(-c4ccc(OC)cc4)c(F)c3)c(CCCCCC=C(F)F)c2)cc1. The number of aliphatic hydroxyl groups is 1. The summed E-state index contributed by atoms with van der Waals surface area (Å²) in [5, 5.41) is 9.36. The van der Waals surface area contributed by atoms with Gasteiger partial charge in [-0.25, -0.2) is 4.39 Å². The predicted octanol–water partition coefficient (Wildman–Crippen LogP) is 9.46. The molecule has 0 saturated carbocycles. The fourth-order valence-electron chi connectivity index (χ4n) is 4.68. The van der Waals surface area contributed by atoms with Crippen LogP contribution in [0.2, 0.25) is 0 Å². The Morgan fingerprint density at radius 2 is 1.55 bits per heavy atom. The molecule has 5 heteroatoms. The van der Waals surface area contributed by atoms with E-state index in [1.807, 2.05) is 54.6 Å². The first-order valence-corrected chi connectivity index (χ1v) is 13.9. The predicted molar refractivity (Wildman–Crippen MR) is 165 cm³/mol. The smallest absolute Gasteiger partial charge is 0.266 e. The lowest BCUT2D eigenvalue weighted by atomic mass is 9.94. The summed E-state index contributed by atoms with van der Waals surface area (Å²) in [5.41, 5.74) is 7.29. The third kappa shape index (κ3) is 8.25. The van der Waals surface area contributed by atoms with Crippen molar-refractivity contribution in [3.05, 3.63) is 132 Å². The summed E-state index contributed by atoms with van der Waals surface area (Å²) in [7, 11) is 1.59. The largest absolute Gasteiger partial charge is 0.497 e. The number of ether oxygens (including phenoxy) is 1. The highest BCUT2D eigenvalue weighted by Crippen LogP contribution is 2.27. The van der Waals surface area contributed by atoms with Gasteiger partial charge in [0.15, 0.2) is 0 Å². The van der Waals surface area contributed by atoms with Gasteiger partial charge in [-0.3, -0.25) is 0 Å². The number of allylic oxidation sites excluding steroid dienone is 1. The van der Waals surface area contributed by atoms with E-state index in [9.17, 15) is 13.9 Å². The van der Waals surface area contributed by atoms with E-state index < -0.39 is 6.08 Å². The molecule has 0 spiro atoms. The van der Waals surface area contributed by atoms with Crippen molar-refractivity contribution in [3.8, 4) is 39.8 Å². The zero-order valence-corrected chi connectivity index (χ0v) is 23.6. The summed E-state index contributed by atoms with van der Waals surface area (Å²) in [6, 6.07) is 26.1. The highest BCUT2D eigenvalue weighted by Gasteiger charge is 2.08. The maximum atomic E-state index is 15.0. The van der Waals surface area contributed by atoms with Crippen molar-refractivity contribution >= 4 is 5.57 Å². The molecule has 0 aromatic heterocycles. The minimum absolute atomic E-state index is 0.0985. The van der Waals surface area contributed by atoms with Crippen molar-refractivity contribution in [2.45, 2.75) is 32.1 Å². The topological polar surface area (TPSA) is 29.5 Å². The first-order chi connectivity index (χ1) is 20.4. The number of benzene rings is 4. The third-order valence-electron chi connectivity index (χ3n) is 7.08. The number of hydrogen-bond donors (Lipinski definition) is 1. The molecule has 0 aliphatic carbocycles. The molecule has 1 N–H and O–H groups in total. The number of rotatable bonds is 11. The Labute approximate surface area is 245 Å². The van der Waals surface area contributed by atoms with Crippen LogP contribution < -0.4 is 4.74 Å². The summed E-state index contributed by atoms with van der Waals surface area (Å²) < 4.78 is 44.9. The summed E-state index contributed by atoms with van der Waals surface area (Å²) in [6.45, 7) is 3.78. The Morgan fingerprint density at radius 1 is 0.833 bits per heavy atom. The number of aliphatic hydroxyl groups excluding tert-OH is 1. The maximum Gasteiger partial charge on any atom is 0.266 e. The van der Waals surface area contributed by atoms with Crippen LogP contribution in [0.3, 0.4) is 0 Å². The zero-order valence-electron chi connectivity index (χ0n) is 23.6. The molecule has 0 saturated heterocycles. The van der Waals surface area contributed by atoms with Crippen molar-refractivity contribution in [1.82, 2.24) is 0 Å². The maximum absolute atomic E-state index is 15.0. The lowest BCUT2D eigenvalue weighted by molar-refractivity contribution is 0.350. The van der Waals surface area contributed by atoms with Crippen LogP contribution in [-0.4, -0.2) is 18.8 Å². The van der Waals surface area contributed by atoms with Gasteiger partial charge >= 0.3 is 0 Å². The Bertz CT molecular complexity index is 1600. The number of methoxy groups -OCH3 is 1. The summed E-state index contributed by atoms with van der Waals surface area (Å²) in [6.07, 6.45) is 2.77. The molecule has 0 bridgehead atoms. The second kappa shape index (κ2) is 14.9. The van der Waals surface area contributed by atoms with Gasteiger partial charge in [-0.2, -0.15) is 8.78 Å². The Kier molecular flexibility index (Phi) is 10.8. The molecular formula is C37H33F3O2. The van der Waals surface area contributed by atoms with Gasteiger partial charge in [0.05, 0.1) is 13.7 Å². The highest BCUT2D eigenvalue weighted by molar-refractivity contribution is 5.71. The average molecular weight is 567 g/mol. The number of hydrogen-bond acceptors (Lipinski definition) is 2. The van der Waals surface area contributed by atoms with Crippen LogP contribution >= 0.6 is 0 Å². The normalized spacial score (nSPS) is 10.5. The molecule has 4 aromatic carbocycles. The van der Waals surface area contributed by atoms with Gasteiger partial charge in [-0.15, -0.1) is 0 Å². The molecule has 42 heavy (non-hydrogen) atoms. The molecule has 4 rings (SSSR count). The molecule has 214 valence electrons. The molecule has 0 atom stereocenters. The molecule has 0 unspecified atom stereocenters. The minimum Gasteiger partial charge on any atom is -0.497 e. The van der Waals surface area contributed by atoms with Crippen LogP contribution in [0.25, 0.3) is 27.8 Å². The standard InChI is InChI=1S/C37H33F3O2/c1-26(25-41)28-12-14-30(15-13-28)33-17-16-29(32(24-33)7-5-3-4-6-8-37(39)40)11-9-27-10-22-35(36(38)23-27)31-18-20-34(42-2)21-19-31/h8,10,12-24,41H,1,3-7,25H2,2H3. The van der Waals surface area contributed by atoms with Crippen molar-refractivity contribution in [2.75, 3.05) is 13.7 Å². The molecule has 2 nitrogen and oxygen atoms in total. The lowest BCUT2D eigenvalue weighted by Crippen LogP contribution is -1.94. The first kappa shape index (κ1) is 30.4. The summed E-state index contributed by atoms with van der Waals surface area (Å²) in [5.74, 6) is 6.69. The van der Waals surface area contributed by atoms with E-state index >= 15 is 4.39 Å². The number of unbranched alkanes of at least 4 members (excludes halogenated alkanes) is 3. The number of aryl methyl sites for hydroxylation is 1. The van der Waals surface area contributed by atoms with Crippen molar-refractivity contribution in [2.24, 2.45) is 0 Å². The average Bonchev–Trinajstić information content (AvgIpc) is 3.01. The van der Waals surface area contributed by atoms with Crippen LogP contribution in [-0.2, 0) is 6.42 Å². The van der Waals surface area contributed by atoms with Crippen LogP contribution in [0.5, 0.6) is 5.75 Å². The van der Waals surface area contributed by atoms with Gasteiger partial charge in [-0.05, 0) is 102 Å². The van der Waals surface area contributed by atoms with Crippen molar-refractivity contribution in [1.29, 1.82) is 0 Å². The van der Waals surface area contributed by atoms with E-state index in [1.165, 1.54) is 6.07 Å². The van der Waals surface area contributed by atoms with E-state index in [0.29, 0.717) is 35.3 Å². The van der Waals surface area contributed by atoms with Gasteiger partial charge in [0.1, 0.15) is 11.6 Å². The van der Waals surface area contributed by atoms with Gasteiger partial charge in [0.25, 0.3) is 6.08 Å². The van der Waals surface area contributed by atoms with Gasteiger partial charge in [-0.1, -0.05) is 73.4 Å². The second-order valence-corrected chi connectivity index (χ2v) is 9.98. The van der Waals surface area contributed by atoms with E-state index in [1.54, 1.807) is 25.3 Å². The Hall–Kier alpha value is -4.53. The minimum atomic E-state index is -1.64. The van der Waals surface area contributed by atoms with E-state index in [2.05, 4.69) is 24.5 Å². The number of halogens is 3. The lowest BCUT2D eigenvalue weighted by Gasteiger charge is -2.10. The van der Waals surface area contributed by atoms with Gasteiger partial charge < -0.3 is 9.84 Å². The van der Waals surface area contributed by atoms with Crippen LogP contribution in [0.1, 0.15) is 47.9 Å². The molecule has 0 aliphatic heterocycles. The van der Waals surface area contributed by atoms with Gasteiger partial charge in [0.2, 0.25) is 0 Å². The zero-order chi connectivity index (χ0) is 29.9. The van der Waals surface area contributed by atoms with Crippen molar-refractivity contribution in [3.63, 3.8) is 0 Å². The van der Waals surface area contributed by atoms with E-state index in [-0.39, 0.29) is 12.4 Å². The molecule has 0 fully saturated rings. The molecule has 0 radical (unpaired) electrons. The fraction of sp³-hybridized carbons (Fsp3) is 0.189. The molecule has 0 heterocycles. The van der Waals surface area contributed by atoms with Crippen LogP contribution in [0.4, 0.5) is 13.2 Å².